The van der Waals surface area contributed by atoms with Crippen LogP contribution in [0, 0.1) is 12.5 Å². The van der Waals surface area contributed by atoms with Gasteiger partial charge in [-0.05, 0) is 20.2 Å². The number of hydrogen-bond acceptors (Lipinski definition) is 6. The molecule has 0 aliphatic carbocycles. The third kappa shape index (κ3) is 4.01. The molecule has 22 heavy (non-hydrogen) atoms. The van der Waals surface area contributed by atoms with Crippen LogP contribution >= 0.6 is 0 Å². The van der Waals surface area contributed by atoms with Crippen LogP contribution in [0.4, 0.5) is 11.6 Å². The molecule has 2 rings (SSSR count). The van der Waals surface area contributed by atoms with E-state index in [0.717, 1.165) is 0 Å². The topological polar surface area (TPSA) is 83.0 Å². The molecule has 0 atom stereocenters. The average molecular weight is 296 g/mol. The second-order valence-electron chi connectivity index (χ2n) is 4.73. The first kappa shape index (κ1) is 15.4. The van der Waals surface area contributed by atoms with E-state index in [4.69, 9.17) is 6.42 Å². The molecule has 7 nitrogen and oxygen atoms in total. The lowest BCUT2D eigenvalue weighted by atomic mass is 10.2. The number of fused-ring (bicyclic) bond motifs is 1. The Bertz CT molecular complexity index is 747. The van der Waals surface area contributed by atoms with Gasteiger partial charge in [0.05, 0.1) is 11.7 Å². The molecule has 2 N–H and O–H groups in total. The summed E-state index contributed by atoms with van der Waals surface area (Å²) < 4.78 is 0. The van der Waals surface area contributed by atoms with Crippen molar-refractivity contribution in [1.29, 1.82) is 0 Å². The summed E-state index contributed by atoms with van der Waals surface area (Å²) in [6.45, 7) is 0.683. The lowest BCUT2D eigenvalue weighted by Gasteiger charge is -2.06. The number of nitrogens with one attached hydrogen (secondary N) is 2. The molecule has 112 valence electrons. The Kier molecular flexibility index (Phi) is 5.01. The summed E-state index contributed by atoms with van der Waals surface area (Å²) in [5.41, 5.74) is 0.633. The number of likely N-dealkylation sites (N-methyl/N-ethyl adjacent to an activating group) is 1. The van der Waals surface area contributed by atoms with E-state index in [-0.39, 0.29) is 5.91 Å². The van der Waals surface area contributed by atoms with Crippen LogP contribution in [0.3, 0.4) is 0 Å². The average Bonchev–Trinajstić information content (AvgIpc) is 2.47. The second kappa shape index (κ2) is 7.15. The normalized spacial score (nSPS) is 10.8. The Morgan fingerprint density at radius 2 is 2.23 bits per heavy atom. The monoisotopic (exact) mass is 296 g/mol. The first-order valence-corrected chi connectivity index (χ1v) is 6.55. The predicted octanol–water partition coefficient (Wildman–Crippen LogP) is 1.08. The van der Waals surface area contributed by atoms with Gasteiger partial charge in [-0.2, -0.15) is 0 Å². The van der Waals surface area contributed by atoms with Crippen molar-refractivity contribution in [2.24, 2.45) is 0 Å². The minimum absolute atomic E-state index is 0.253. The number of rotatable bonds is 5. The highest BCUT2D eigenvalue weighted by Gasteiger charge is 2.06. The molecule has 2 heterocycles. The zero-order valence-corrected chi connectivity index (χ0v) is 12.4. The molecule has 2 aromatic heterocycles. The van der Waals surface area contributed by atoms with Crippen molar-refractivity contribution in [2.45, 2.75) is 0 Å². The maximum atomic E-state index is 11.8. The number of anilines is 2. The fourth-order valence-electron chi connectivity index (χ4n) is 1.73. The van der Waals surface area contributed by atoms with E-state index in [1.54, 1.807) is 18.3 Å². The molecule has 0 bridgehead atoms. The zero-order valence-electron chi connectivity index (χ0n) is 12.4. The highest BCUT2D eigenvalue weighted by molar-refractivity contribution is 6.00. The van der Waals surface area contributed by atoms with Gasteiger partial charge in [0.1, 0.15) is 18.0 Å². The molecule has 0 unspecified atom stereocenters. The molecule has 7 heteroatoms. The van der Waals surface area contributed by atoms with Crippen LogP contribution in [-0.2, 0) is 4.79 Å². The Morgan fingerprint density at radius 3 is 2.95 bits per heavy atom. The van der Waals surface area contributed by atoms with E-state index < -0.39 is 0 Å². The second-order valence-corrected chi connectivity index (χ2v) is 4.73. The van der Waals surface area contributed by atoms with Crippen molar-refractivity contribution < 1.29 is 4.79 Å². The van der Waals surface area contributed by atoms with E-state index in [2.05, 4.69) is 31.6 Å². The van der Waals surface area contributed by atoms with Crippen LogP contribution < -0.4 is 10.6 Å². The molecule has 0 aromatic carbocycles. The lowest BCUT2D eigenvalue weighted by Crippen LogP contribution is -2.13. The molecule has 0 saturated heterocycles. The van der Waals surface area contributed by atoms with Gasteiger partial charge in [-0.3, -0.25) is 10.1 Å². The summed E-state index contributed by atoms with van der Waals surface area (Å²) >= 11 is 0. The summed E-state index contributed by atoms with van der Waals surface area (Å²) in [5.74, 6) is 0.646. The fourth-order valence-corrected chi connectivity index (χ4v) is 1.73. The summed E-state index contributed by atoms with van der Waals surface area (Å²) in [7, 11) is 3.85. The summed E-state index contributed by atoms with van der Waals surface area (Å²) in [6.07, 6.45) is 11.4. The number of pyridine rings is 1. The first-order chi connectivity index (χ1) is 10.6. The molecule has 0 saturated carbocycles. The van der Waals surface area contributed by atoms with Crippen LogP contribution in [0.15, 0.2) is 30.7 Å². The van der Waals surface area contributed by atoms with Gasteiger partial charge in [0.2, 0.25) is 5.91 Å². The van der Waals surface area contributed by atoms with E-state index in [0.29, 0.717) is 29.1 Å². The van der Waals surface area contributed by atoms with E-state index >= 15 is 0 Å². The molecule has 0 spiro atoms. The van der Waals surface area contributed by atoms with Crippen LogP contribution in [0.2, 0.25) is 0 Å². The summed E-state index contributed by atoms with van der Waals surface area (Å²) in [6, 6.07) is 3.98. The van der Waals surface area contributed by atoms with Gasteiger partial charge in [-0.15, -0.1) is 0 Å². The smallest absolute Gasteiger partial charge is 0.249 e. The van der Waals surface area contributed by atoms with Crippen molar-refractivity contribution in [1.82, 2.24) is 19.9 Å². The summed E-state index contributed by atoms with van der Waals surface area (Å²) in [4.78, 5) is 26.1. The number of amides is 1. The third-order valence-corrected chi connectivity index (χ3v) is 2.70. The zero-order chi connectivity index (χ0) is 15.9. The molecule has 0 aliphatic rings. The van der Waals surface area contributed by atoms with Gasteiger partial charge in [0.25, 0.3) is 0 Å². The number of carbonyl (C=O) groups excluding carboxylic acids is 1. The van der Waals surface area contributed by atoms with Gasteiger partial charge >= 0.3 is 0 Å². The Hall–Kier alpha value is -2.98. The van der Waals surface area contributed by atoms with E-state index in [1.165, 1.54) is 12.4 Å². The quantitative estimate of drug-likeness (QED) is 0.488. The number of nitrogens with zero attached hydrogens (tertiary/aromatic N) is 4. The van der Waals surface area contributed by atoms with Crippen LogP contribution in [0.5, 0.6) is 0 Å². The Morgan fingerprint density at radius 1 is 1.41 bits per heavy atom. The molecular formula is C15H16N6O. The molecule has 1 amide bonds. The van der Waals surface area contributed by atoms with Crippen LogP contribution in [0.1, 0.15) is 0 Å². The van der Waals surface area contributed by atoms with Gasteiger partial charge in [-0.1, -0.05) is 12.5 Å². The van der Waals surface area contributed by atoms with Gasteiger partial charge in [0, 0.05) is 24.1 Å². The highest BCUT2D eigenvalue weighted by Crippen LogP contribution is 2.20. The largest absolute Gasteiger partial charge is 0.307 e. The molecule has 2 aromatic rings. The minimum atomic E-state index is -0.253. The number of hydrogen-bond donors (Lipinski definition) is 2. The van der Waals surface area contributed by atoms with E-state index in [9.17, 15) is 4.79 Å². The standard InChI is InChI=1S/C15H16N6O/c1-4-16-15-11-8-13(17-9-12(11)18-10-19-15)20-14(22)6-5-7-21(2)3/h1,5-6,8-10H,7H2,2-3H3,(H,16,18,19)(H,17,20,22). The predicted molar refractivity (Wildman–Crippen MR) is 86.1 cm³/mol. The van der Waals surface area contributed by atoms with Gasteiger partial charge in [-0.25, -0.2) is 15.0 Å². The lowest BCUT2D eigenvalue weighted by molar-refractivity contribution is -0.111. The highest BCUT2D eigenvalue weighted by atomic mass is 16.1. The van der Waals surface area contributed by atoms with Crippen molar-refractivity contribution in [3.05, 3.63) is 30.7 Å². The maximum Gasteiger partial charge on any atom is 0.249 e. The van der Waals surface area contributed by atoms with Gasteiger partial charge in [0.15, 0.2) is 0 Å². The van der Waals surface area contributed by atoms with Crippen molar-refractivity contribution in [3.63, 3.8) is 0 Å². The van der Waals surface area contributed by atoms with E-state index in [1.807, 2.05) is 19.0 Å². The first-order valence-electron chi connectivity index (χ1n) is 6.55. The van der Waals surface area contributed by atoms with Crippen LogP contribution in [-0.4, -0.2) is 46.4 Å². The SMILES string of the molecule is C#CNc1ncnc2cnc(NC(=O)C=CCN(C)C)cc12. The Balaban J connectivity index is 2.19. The number of carbonyl (C=O) groups is 1. The summed E-state index contributed by atoms with van der Waals surface area (Å²) in [5, 5.41) is 6.06. The molecule has 0 aliphatic heterocycles. The molecular weight excluding hydrogens is 280 g/mol. The third-order valence-electron chi connectivity index (χ3n) is 2.70. The van der Waals surface area contributed by atoms with Gasteiger partial charge < -0.3 is 10.2 Å². The maximum absolute atomic E-state index is 11.8. The minimum Gasteiger partial charge on any atom is -0.307 e. The van der Waals surface area contributed by atoms with Crippen LogP contribution in [0.25, 0.3) is 10.9 Å². The number of terminal acetylenes is 1. The fraction of sp³-hybridized carbons (Fsp3) is 0.200. The van der Waals surface area contributed by atoms with Crippen molar-refractivity contribution >= 4 is 28.4 Å². The molecule has 0 radical (unpaired) electrons. The molecule has 0 fully saturated rings. The Labute approximate surface area is 128 Å². The van der Waals surface area contributed by atoms with Crippen molar-refractivity contribution in [2.75, 3.05) is 31.3 Å². The van der Waals surface area contributed by atoms with Crippen molar-refractivity contribution in [3.8, 4) is 12.5 Å². The number of aromatic nitrogens is 3.